The monoisotopic (exact) mass is 310 g/mol. The highest BCUT2D eigenvalue weighted by Gasteiger charge is 2.45. The molecule has 0 unspecified atom stereocenters. The van der Waals surface area contributed by atoms with Crippen molar-refractivity contribution >= 4 is 11.8 Å². The van der Waals surface area contributed by atoms with Crippen LogP contribution in [0.2, 0.25) is 0 Å². The van der Waals surface area contributed by atoms with Gasteiger partial charge < -0.3 is 14.3 Å². The number of benzene rings is 1. The van der Waals surface area contributed by atoms with Crippen LogP contribution in [0.4, 0.5) is 10.5 Å². The van der Waals surface area contributed by atoms with Gasteiger partial charge in [-0.05, 0) is 26.8 Å². The van der Waals surface area contributed by atoms with Gasteiger partial charge in [-0.15, -0.1) is 10.1 Å². The third-order valence-electron chi connectivity index (χ3n) is 3.05. The Balaban J connectivity index is 2.40. The van der Waals surface area contributed by atoms with Crippen molar-refractivity contribution in [2.24, 2.45) is 0 Å². The first-order valence-electron chi connectivity index (χ1n) is 6.69. The van der Waals surface area contributed by atoms with Gasteiger partial charge in [0.05, 0.1) is 5.69 Å². The Morgan fingerprint density at radius 3 is 2.50 bits per heavy atom. The van der Waals surface area contributed by atoms with Gasteiger partial charge in [-0.3, -0.25) is 0 Å². The van der Waals surface area contributed by atoms with E-state index in [9.17, 15) is 14.9 Å². The number of anilines is 1. The molecular weight excluding hydrogens is 292 g/mol. The van der Waals surface area contributed by atoms with E-state index in [0.29, 0.717) is 11.3 Å². The summed E-state index contributed by atoms with van der Waals surface area (Å²) in [7, 11) is 1.35. The Labute approximate surface area is 127 Å². The van der Waals surface area contributed by atoms with Crippen LogP contribution in [0.25, 0.3) is 0 Å². The normalized spacial score (nSPS) is 20.5. The molecule has 0 saturated heterocycles. The lowest BCUT2D eigenvalue weighted by Gasteiger charge is -2.29. The van der Waals surface area contributed by atoms with E-state index in [1.165, 1.54) is 12.0 Å². The first-order chi connectivity index (χ1) is 10.2. The zero-order chi connectivity index (χ0) is 16.5. The van der Waals surface area contributed by atoms with Gasteiger partial charge in [-0.2, -0.15) is 0 Å². The van der Waals surface area contributed by atoms with Gasteiger partial charge in [0.1, 0.15) is 5.60 Å². The molecule has 0 radical (unpaired) electrons. The highest BCUT2D eigenvalue weighted by atomic mass is 17.0. The molecule has 120 valence electrons. The Morgan fingerprint density at radius 2 is 1.95 bits per heavy atom. The zero-order valence-corrected chi connectivity index (χ0v) is 12.8. The average molecular weight is 310 g/mol. The Morgan fingerprint density at radius 1 is 1.32 bits per heavy atom. The summed E-state index contributed by atoms with van der Waals surface area (Å²) < 4.78 is 10.6. The van der Waals surface area contributed by atoms with Crippen LogP contribution in [0.1, 0.15) is 32.4 Å². The van der Waals surface area contributed by atoms with Crippen molar-refractivity contribution in [1.29, 1.82) is 0 Å². The fourth-order valence-electron chi connectivity index (χ4n) is 2.32. The molecule has 0 spiro atoms. The SMILES string of the molecule is CO[C@H]1[C@H](O[N+](=O)[O-])c2ccccc2N1C(=O)OC(C)(C)C. The van der Waals surface area contributed by atoms with Gasteiger partial charge >= 0.3 is 6.09 Å². The summed E-state index contributed by atoms with van der Waals surface area (Å²) in [5, 5.41) is 9.83. The van der Waals surface area contributed by atoms with Gasteiger partial charge in [-0.25, -0.2) is 9.69 Å². The maximum Gasteiger partial charge on any atom is 0.417 e. The van der Waals surface area contributed by atoms with Crippen molar-refractivity contribution in [2.45, 2.75) is 38.7 Å². The van der Waals surface area contributed by atoms with Crippen LogP contribution in [0.5, 0.6) is 0 Å². The van der Waals surface area contributed by atoms with Crippen molar-refractivity contribution in [2.75, 3.05) is 12.0 Å². The molecule has 0 saturated carbocycles. The van der Waals surface area contributed by atoms with E-state index in [2.05, 4.69) is 0 Å². The number of fused-ring (bicyclic) bond motifs is 1. The molecule has 22 heavy (non-hydrogen) atoms. The van der Waals surface area contributed by atoms with Gasteiger partial charge in [0, 0.05) is 12.7 Å². The minimum absolute atomic E-state index is 0.468. The molecule has 1 aromatic carbocycles. The molecule has 1 aromatic rings. The van der Waals surface area contributed by atoms with E-state index in [-0.39, 0.29) is 0 Å². The lowest BCUT2D eigenvalue weighted by molar-refractivity contribution is -0.772. The quantitative estimate of drug-likeness (QED) is 0.629. The van der Waals surface area contributed by atoms with E-state index < -0.39 is 29.1 Å². The standard InChI is InChI=1S/C14H18N2O6/c1-14(2,3)21-13(17)15-10-8-6-5-7-9(10)11(12(15)20-4)22-16(18)19/h5-8,11-12H,1-4H3/t11-,12+/m1/s1. The lowest BCUT2D eigenvalue weighted by atomic mass is 10.1. The number of rotatable bonds is 3. The summed E-state index contributed by atoms with van der Waals surface area (Å²) in [6.45, 7) is 5.21. The number of methoxy groups -OCH3 is 1. The zero-order valence-electron chi connectivity index (χ0n) is 12.8. The molecule has 8 heteroatoms. The summed E-state index contributed by atoms with van der Waals surface area (Å²) in [4.78, 5) is 29.1. The third-order valence-corrected chi connectivity index (χ3v) is 3.05. The van der Waals surface area contributed by atoms with Crippen LogP contribution < -0.4 is 4.90 Å². The Bertz CT molecular complexity index is 583. The predicted molar refractivity (Wildman–Crippen MR) is 76.8 cm³/mol. The number of hydrogen-bond donors (Lipinski definition) is 0. The Hall–Kier alpha value is -2.35. The summed E-state index contributed by atoms with van der Waals surface area (Å²) in [5.41, 5.74) is 0.263. The second kappa shape index (κ2) is 5.80. The topological polar surface area (TPSA) is 91.1 Å². The largest absolute Gasteiger partial charge is 0.443 e. The van der Waals surface area contributed by atoms with Gasteiger partial charge in [-0.1, -0.05) is 18.2 Å². The molecule has 0 bridgehead atoms. The highest BCUT2D eigenvalue weighted by molar-refractivity contribution is 5.91. The highest BCUT2D eigenvalue weighted by Crippen LogP contribution is 2.42. The summed E-state index contributed by atoms with van der Waals surface area (Å²) in [6, 6.07) is 6.74. The van der Waals surface area contributed by atoms with Crippen molar-refractivity contribution in [3.63, 3.8) is 0 Å². The van der Waals surface area contributed by atoms with Crippen LogP contribution in [0.15, 0.2) is 24.3 Å². The number of hydrogen-bond acceptors (Lipinski definition) is 6. The van der Waals surface area contributed by atoms with Gasteiger partial charge in [0.2, 0.25) is 0 Å². The van der Waals surface area contributed by atoms with Crippen LogP contribution >= 0.6 is 0 Å². The molecular formula is C14H18N2O6. The molecule has 0 N–H and O–H groups in total. The van der Waals surface area contributed by atoms with Crippen LogP contribution in [0.3, 0.4) is 0 Å². The van der Waals surface area contributed by atoms with Crippen LogP contribution in [-0.2, 0) is 14.3 Å². The molecule has 1 heterocycles. The minimum Gasteiger partial charge on any atom is -0.443 e. The first-order valence-corrected chi connectivity index (χ1v) is 6.69. The summed E-state index contributed by atoms with van der Waals surface area (Å²) >= 11 is 0. The fourth-order valence-corrected chi connectivity index (χ4v) is 2.32. The van der Waals surface area contributed by atoms with Crippen LogP contribution in [-0.4, -0.2) is 30.1 Å². The van der Waals surface area contributed by atoms with Crippen molar-refractivity contribution in [3.05, 3.63) is 39.9 Å². The minimum atomic E-state index is -1.02. The van der Waals surface area contributed by atoms with E-state index >= 15 is 0 Å². The molecule has 0 fully saturated rings. The Kier molecular flexibility index (Phi) is 4.23. The number of carbonyl (C=O) groups is 1. The smallest absolute Gasteiger partial charge is 0.417 e. The summed E-state index contributed by atoms with van der Waals surface area (Å²) in [5.74, 6) is 0. The molecule has 8 nitrogen and oxygen atoms in total. The van der Waals surface area contributed by atoms with Gasteiger partial charge in [0.25, 0.3) is 5.09 Å². The maximum absolute atomic E-state index is 12.4. The van der Waals surface area contributed by atoms with E-state index in [4.69, 9.17) is 14.3 Å². The molecule has 1 aliphatic rings. The van der Waals surface area contributed by atoms with E-state index in [1.807, 2.05) is 0 Å². The number of ether oxygens (including phenoxy) is 2. The molecule has 2 rings (SSSR count). The molecule has 1 amide bonds. The molecule has 0 aromatic heterocycles. The maximum atomic E-state index is 12.4. The van der Waals surface area contributed by atoms with E-state index in [0.717, 1.165) is 0 Å². The molecule has 1 aliphatic heterocycles. The molecule has 2 atom stereocenters. The van der Waals surface area contributed by atoms with Gasteiger partial charge in [0.15, 0.2) is 12.3 Å². The lowest BCUT2D eigenvalue weighted by Crippen LogP contribution is -2.44. The average Bonchev–Trinajstić information content (AvgIpc) is 2.70. The third kappa shape index (κ3) is 3.11. The second-order valence-electron chi connectivity index (χ2n) is 5.79. The van der Waals surface area contributed by atoms with Crippen molar-refractivity contribution in [1.82, 2.24) is 0 Å². The number of para-hydroxylation sites is 1. The second-order valence-corrected chi connectivity index (χ2v) is 5.79. The van der Waals surface area contributed by atoms with Crippen LogP contribution in [0, 0.1) is 10.1 Å². The summed E-state index contributed by atoms with van der Waals surface area (Å²) in [6.07, 6.45) is -2.65. The van der Waals surface area contributed by atoms with Crippen molar-refractivity contribution < 1.29 is 24.2 Å². The molecule has 0 aliphatic carbocycles. The number of nitrogens with zero attached hydrogens (tertiary/aromatic N) is 2. The fraction of sp³-hybridized carbons (Fsp3) is 0.500. The number of carbonyl (C=O) groups excluding carboxylic acids is 1. The number of amides is 1. The first kappa shape index (κ1) is 16.0. The van der Waals surface area contributed by atoms with Crippen molar-refractivity contribution in [3.8, 4) is 0 Å². The predicted octanol–water partition coefficient (Wildman–Crippen LogP) is 2.66. The van der Waals surface area contributed by atoms with E-state index in [1.54, 1.807) is 45.0 Å².